The molecule has 0 saturated carbocycles. The van der Waals surface area contributed by atoms with Crippen LogP contribution in [-0.2, 0) is 46.3 Å². The number of hydrogen-bond acceptors (Lipinski definition) is 12. The molecule has 12 heteroatoms. The predicted molar refractivity (Wildman–Crippen MR) is 631 cm³/mol. The lowest BCUT2D eigenvalue weighted by atomic mass is 9.77. The second-order valence-corrected chi connectivity index (χ2v) is 43.6. The highest BCUT2D eigenvalue weighted by Crippen LogP contribution is 2.36. The Bertz CT molecular complexity index is 5150. The van der Waals surface area contributed by atoms with Crippen LogP contribution in [0.15, 0.2) is 283 Å². The number of ether oxygens (including phenoxy) is 2. The molecule has 0 radical (unpaired) electrons. The van der Waals surface area contributed by atoms with Gasteiger partial charge in [0, 0.05) is 65.6 Å². The SMILES string of the molecule is CC(C)=CCC/C(C)=C/CC/C(C)=C/CC1C(=O)C=CC(=O)C1C.CC(C)=CCC/C(C)=C/CC/C(C)=C/CC1C(O)C=CC(=O)C1C.CC(C)=CCC/C(C)=C/CC/C(C)=C/Cc1c(O)ccc(O)c1C.CCC1C(=O)C=CC(=O)C1C/C=C(\C)CC/C=C(\C)CCC=C(C)C.COC1C=CC(=O)C(C)C1C/C=C(\C)CC/C=C(\C)CCC=C(C)C.COc1ccc(O)c(C)c1C/C=C(\C)CC/C=C(\C)CCC=C(C)C. The number of phenols is 3. The van der Waals surface area contributed by atoms with E-state index in [9.17, 15) is 49.2 Å². The van der Waals surface area contributed by atoms with E-state index in [2.05, 4.69) is 276 Å². The molecule has 0 spiro atoms. The molecule has 0 amide bonds. The quantitative estimate of drug-likeness (QED) is 0.0361. The van der Waals surface area contributed by atoms with Gasteiger partial charge in [0.05, 0.1) is 19.3 Å². The third-order valence-electron chi connectivity index (χ3n) is 28.4. The van der Waals surface area contributed by atoms with E-state index in [0.29, 0.717) is 25.0 Å². The van der Waals surface area contributed by atoms with Gasteiger partial charge in [-0.05, 0) is 451 Å². The summed E-state index contributed by atoms with van der Waals surface area (Å²) in [5.41, 5.74) is 28.6. The lowest BCUT2D eigenvalue weighted by Gasteiger charge is -2.30. The predicted octanol–water partition coefficient (Wildman–Crippen LogP) is 36.7. The summed E-state index contributed by atoms with van der Waals surface area (Å²) in [5, 5.41) is 39.7. The van der Waals surface area contributed by atoms with Crippen LogP contribution in [0.1, 0.15) is 402 Å². The molecule has 0 fully saturated rings. The second-order valence-electron chi connectivity index (χ2n) is 43.6. The molecule has 0 aromatic heterocycles. The summed E-state index contributed by atoms with van der Waals surface area (Å²) in [6, 6.07) is 6.61. The van der Waals surface area contributed by atoms with Crippen molar-refractivity contribution in [3.8, 4) is 23.0 Å². The number of carbonyl (C=O) groups is 6. The number of methoxy groups -OCH3 is 2. The van der Waals surface area contributed by atoms with E-state index in [1.54, 1.807) is 38.5 Å². The maximum atomic E-state index is 12.1. The Hall–Kier alpha value is -10.1. The van der Waals surface area contributed by atoms with Crippen molar-refractivity contribution in [2.45, 2.75) is 419 Å². The Morgan fingerprint density at radius 3 is 0.864 bits per heavy atom. The van der Waals surface area contributed by atoms with E-state index in [1.165, 1.54) is 137 Å². The zero-order valence-corrected chi connectivity index (χ0v) is 98.1. The third-order valence-corrected chi connectivity index (χ3v) is 28.4. The topological polar surface area (TPSA) is 202 Å². The van der Waals surface area contributed by atoms with Gasteiger partial charge in [-0.2, -0.15) is 0 Å². The largest absolute Gasteiger partial charge is 0.508 e. The van der Waals surface area contributed by atoms with Gasteiger partial charge in [0.15, 0.2) is 34.7 Å². The molecule has 4 aliphatic carbocycles. The lowest BCUT2D eigenvalue weighted by Crippen LogP contribution is -2.34. The van der Waals surface area contributed by atoms with Crippen molar-refractivity contribution in [1.29, 1.82) is 0 Å². The molecule has 0 bridgehead atoms. The van der Waals surface area contributed by atoms with Crippen LogP contribution < -0.4 is 4.74 Å². The van der Waals surface area contributed by atoms with E-state index in [4.69, 9.17) is 9.47 Å². The molecule has 4 N–H and O–H groups in total. The molecule has 0 saturated heterocycles. The van der Waals surface area contributed by atoms with E-state index in [0.717, 1.165) is 208 Å². The highest BCUT2D eigenvalue weighted by atomic mass is 16.5. The van der Waals surface area contributed by atoms with Crippen LogP contribution in [0, 0.1) is 61.2 Å². The first-order chi connectivity index (χ1) is 69.5. The lowest BCUT2D eigenvalue weighted by molar-refractivity contribution is -0.129. The second kappa shape index (κ2) is 77.2. The van der Waals surface area contributed by atoms with Crippen molar-refractivity contribution in [3.63, 3.8) is 0 Å². The standard InChI is InChI=1S/C23H36O2.2C23H34O2.C22H34O2.2C22H32O2/c2*1-17(2)9-7-10-18(3)11-8-12-19(4)13-14-21-20(5)22(24)15-16-23(21)25-6;1-6-20-21(23(25)16-15-22(20)24)14-13-19(5)12-8-11-18(4)10-7-9-17(2)3;3*1-16(2)8-6-9-17(3)10-7-11-18(4)12-13-20-19(5)21(23)14-15-22(20)24/h9,11,13,15-16,20-21,23H,7-8,10,12,14H2,1-6H3;9,11,13,15-16,24H,7-8,10,12,14H2,1-6H3;9,11,13,15-16,20-21H,6-8,10,12,14H2,1-5H3;8,10,12,14-15,19-20,22,24H,6-7,9,11,13H2,1-5H3;8,10,12,14-15,23-24H,6-7,9,11,13H2,1-5H3;8,10,12,14-15,19-20H,6-7,9,11,13H2,1-5H3/b3*18-11+,19-13+;3*17-10+,18-12+. The first kappa shape index (κ1) is 135. The first-order valence-electron chi connectivity index (χ1n) is 55.2. The van der Waals surface area contributed by atoms with Crippen LogP contribution in [0.4, 0.5) is 0 Å². The molecular weight excluding hydrogens is 1810 g/mol. The Labute approximate surface area is 896 Å². The highest BCUT2D eigenvalue weighted by Gasteiger charge is 2.35. The molecule has 2 aromatic carbocycles. The van der Waals surface area contributed by atoms with Crippen molar-refractivity contribution in [2.75, 3.05) is 14.2 Å². The zero-order chi connectivity index (χ0) is 111. The minimum atomic E-state index is -0.501. The van der Waals surface area contributed by atoms with Gasteiger partial charge in [-0.25, -0.2) is 0 Å². The van der Waals surface area contributed by atoms with E-state index >= 15 is 0 Å². The van der Waals surface area contributed by atoms with Crippen molar-refractivity contribution in [2.24, 2.45) is 47.3 Å². The average Bonchev–Trinajstić information content (AvgIpc) is 0.839. The third kappa shape index (κ3) is 60.9. The smallest absolute Gasteiger partial charge is 0.159 e. The average molecular weight is 2020 g/mol. The minimum Gasteiger partial charge on any atom is -0.508 e. The summed E-state index contributed by atoms with van der Waals surface area (Å²) >= 11 is 0. The fourth-order valence-corrected chi connectivity index (χ4v) is 17.8. The van der Waals surface area contributed by atoms with Crippen LogP contribution in [0.25, 0.3) is 0 Å². The summed E-state index contributed by atoms with van der Waals surface area (Å²) in [5.74, 6) is 1.91. The number of aliphatic hydroxyl groups is 1. The van der Waals surface area contributed by atoms with Gasteiger partial charge in [0.2, 0.25) is 0 Å². The van der Waals surface area contributed by atoms with Crippen LogP contribution in [0.2, 0.25) is 0 Å². The number of rotatable bonds is 51. The van der Waals surface area contributed by atoms with E-state index < -0.39 is 6.10 Å². The van der Waals surface area contributed by atoms with Gasteiger partial charge in [-0.1, -0.05) is 250 Å². The van der Waals surface area contributed by atoms with Crippen LogP contribution in [0.5, 0.6) is 23.0 Å². The van der Waals surface area contributed by atoms with Gasteiger partial charge >= 0.3 is 0 Å². The molecule has 4 aliphatic rings. The van der Waals surface area contributed by atoms with Gasteiger partial charge in [0.1, 0.15) is 23.0 Å². The van der Waals surface area contributed by atoms with Crippen LogP contribution in [0.3, 0.4) is 0 Å². The summed E-state index contributed by atoms with van der Waals surface area (Å²) < 4.78 is 11.0. The Kier molecular flexibility index (Phi) is 70.9. The van der Waals surface area contributed by atoms with Gasteiger partial charge < -0.3 is 29.9 Å². The monoisotopic (exact) mass is 2020 g/mol. The number of allylic oxidation sites excluding steroid dienone is 42. The molecule has 0 heterocycles. The van der Waals surface area contributed by atoms with Crippen LogP contribution in [-0.4, -0.2) is 81.6 Å². The number of benzene rings is 2. The molecule has 814 valence electrons. The number of phenolic OH excluding ortho intramolecular Hbond substituents is 3. The van der Waals surface area contributed by atoms with Gasteiger partial charge in [-0.3, -0.25) is 28.8 Å². The van der Waals surface area contributed by atoms with Crippen molar-refractivity contribution < 1.29 is 58.7 Å². The molecular formula is C135H202O12. The number of aliphatic hydroxyl groups excluding tert-OH is 1. The van der Waals surface area contributed by atoms with E-state index in [1.807, 2.05) is 53.7 Å². The molecule has 2 aromatic rings. The summed E-state index contributed by atoms with van der Waals surface area (Å²) in [6.07, 6.45) is 84.4. The molecule has 10 atom stereocenters. The minimum absolute atomic E-state index is 0.0128. The summed E-state index contributed by atoms with van der Waals surface area (Å²) in [6.45, 7) is 63.4. The fourth-order valence-electron chi connectivity index (χ4n) is 17.8. The van der Waals surface area contributed by atoms with Gasteiger partial charge in [0.25, 0.3) is 0 Å². The Morgan fingerprint density at radius 1 is 0.279 bits per heavy atom. The fraction of sp³-hybridized carbons (Fsp3) is 0.541. The first-order valence-corrected chi connectivity index (χ1v) is 55.2. The molecule has 147 heavy (non-hydrogen) atoms. The number of carbonyl (C=O) groups excluding carboxylic acids is 6. The molecule has 6 rings (SSSR count). The summed E-state index contributed by atoms with van der Waals surface area (Å²) in [7, 11) is 3.40. The highest BCUT2D eigenvalue weighted by molar-refractivity contribution is 6.08. The zero-order valence-electron chi connectivity index (χ0n) is 98.1. The normalized spacial score (nSPS) is 19.7. The summed E-state index contributed by atoms with van der Waals surface area (Å²) in [4.78, 5) is 71.3. The van der Waals surface area contributed by atoms with Crippen molar-refractivity contribution >= 4 is 34.7 Å². The van der Waals surface area contributed by atoms with Crippen LogP contribution >= 0.6 is 0 Å². The van der Waals surface area contributed by atoms with Gasteiger partial charge in [-0.15, -0.1) is 0 Å². The Balaban J connectivity index is 0.000000882. The Morgan fingerprint density at radius 2 is 0.531 bits per heavy atom. The maximum Gasteiger partial charge on any atom is 0.159 e. The van der Waals surface area contributed by atoms with Crippen molar-refractivity contribution in [1.82, 2.24) is 0 Å². The number of hydrogen-bond donors (Lipinski definition) is 4. The maximum absolute atomic E-state index is 12.1. The molecule has 12 nitrogen and oxygen atoms in total. The molecule has 0 aliphatic heterocycles. The van der Waals surface area contributed by atoms with Crippen molar-refractivity contribution in [3.05, 3.63) is 305 Å². The number of ketones is 6. The van der Waals surface area contributed by atoms with E-state index in [-0.39, 0.29) is 99.6 Å². The number of aromatic hydroxyl groups is 3. The molecule has 10 unspecified atom stereocenters.